The van der Waals surface area contributed by atoms with Crippen LogP contribution < -0.4 is 0 Å². The van der Waals surface area contributed by atoms with Gasteiger partial charge in [0.25, 0.3) is 0 Å². The highest BCUT2D eigenvalue weighted by Gasteiger charge is 2.66. The van der Waals surface area contributed by atoms with Crippen LogP contribution in [0.5, 0.6) is 0 Å². The lowest BCUT2D eigenvalue weighted by molar-refractivity contribution is -0.160. The minimum absolute atomic E-state index is 0.0272. The maximum atomic E-state index is 12.5. The molecule has 182 valence electrons. The van der Waals surface area contributed by atoms with E-state index in [-0.39, 0.29) is 39.5 Å². The largest absolute Gasteiger partial charge is 0.465 e. The van der Waals surface area contributed by atoms with Gasteiger partial charge in [-0.15, -0.1) is 0 Å². The molecule has 0 aromatic carbocycles. The number of allylic oxidation sites excluding steroid dienone is 4. The van der Waals surface area contributed by atoms with Crippen molar-refractivity contribution in [3.8, 4) is 0 Å². The lowest BCUT2D eigenvalue weighted by Crippen LogP contribution is -2.52. The third kappa shape index (κ3) is 2.89. The standard InChI is InChI=1S/C30H38O4/c1-27(2,3)24-7-6-23(33-24)20-17-18-16-19(31)8-12-28(18,4)21-9-13-29(5)22(26(20)21)10-14-30(29)15-11-25(32)34-30/h6-7,9,16,20,22,26H,8,10-15,17H2,1-5H3/t20-,22-,26+,28-,29-,30+/m0/s1. The van der Waals surface area contributed by atoms with E-state index in [1.165, 1.54) is 11.1 Å². The number of ether oxygens (including phenoxy) is 1. The number of carbonyl (C=O) groups excluding carboxylic acids is 2. The second kappa shape index (κ2) is 6.98. The summed E-state index contributed by atoms with van der Waals surface area (Å²) in [6.45, 7) is 11.3. The number of esters is 1. The summed E-state index contributed by atoms with van der Waals surface area (Å²) in [6.07, 6.45) is 11.3. The minimum Gasteiger partial charge on any atom is -0.465 e. The number of hydrogen-bond donors (Lipinski definition) is 0. The van der Waals surface area contributed by atoms with Crippen molar-refractivity contribution in [3.63, 3.8) is 0 Å². The molecule has 1 aromatic rings. The summed E-state index contributed by atoms with van der Waals surface area (Å²) in [4.78, 5) is 24.7. The molecule has 1 aliphatic heterocycles. The summed E-state index contributed by atoms with van der Waals surface area (Å²) < 4.78 is 12.7. The van der Waals surface area contributed by atoms with Crippen molar-refractivity contribution in [1.82, 2.24) is 0 Å². The summed E-state index contributed by atoms with van der Waals surface area (Å²) in [5, 5.41) is 0. The van der Waals surface area contributed by atoms with Gasteiger partial charge in [-0.05, 0) is 68.6 Å². The van der Waals surface area contributed by atoms with Gasteiger partial charge in [-0.2, -0.15) is 0 Å². The molecule has 4 heteroatoms. The molecule has 5 aliphatic rings. The van der Waals surface area contributed by atoms with Gasteiger partial charge in [0.05, 0.1) is 0 Å². The van der Waals surface area contributed by atoms with E-state index in [1.807, 2.05) is 6.08 Å². The van der Waals surface area contributed by atoms with E-state index in [1.54, 1.807) is 0 Å². The van der Waals surface area contributed by atoms with Gasteiger partial charge in [0, 0.05) is 35.0 Å². The van der Waals surface area contributed by atoms with Crippen LogP contribution in [-0.4, -0.2) is 17.4 Å². The first kappa shape index (κ1) is 22.4. The van der Waals surface area contributed by atoms with Crippen molar-refractivity contribution >= 4 is 11.8 Å². The van der Waals surface area contributed by atoms with Crippen LogP contribution in [0.15, 0.2) is 39.8 Å². The zero-order valence-corrected chi connectivity index (χ0v) is 21.3. The molecule has 0 amide bonds. The Balaban J connectivity index is 1.49. The molecular formula is C30H38O4. The number of furan rings is 1. The van der Waals surface area contributed by atoms with Crippen LogP contribution in [-0.2, 0) is 19.7 Å². The van der Waals surface area contributed by atoms with Crippen molar-refractivity contribution < 1.29 is 18.7 Å². The van der Waals surface area contributed by atoms with Crippen LogP contribution in [0.3, 0.4) is 0 Å². The van der Waals surface area contributed by atoms with Crippen molar-refractivity contribution in [1.29, 1.82) is 0 Å². The SMILES string of the molecule is CC(C)(C)c1ccc([C@@H]2CC3=CC(=O)CC[C@]3(C)C3=CC[C@@]4(C)[C@@H](CC[C@@]45CCC(=O)O5)[C@@H]32)o1. The number of carbonyl (C=O) groups is 2. The third-order valence-electron chi connectivity index (χ3n) is 10.5. The summed E-state index contributed by atoms with van der Waals surface area (Å²) in [5.41, 5.74) is 2.34. The zero-order chi connectivity index (χ0) is 24.1. The molecule has 2 heterocycles. The van der Waals surface area contributed by atoms with Gasteiger partial charge in [0.2, 0.25) is 0 Å². The maximum absolute atomic E-state index is 12.5. The molecule has 1 spiro atoms. The number of rotatable bonds is 1. The summed E-state index contributed by atoms with van der Waals surface area (Å²) >= 11 is 0. The molecule has 0 bridgehead atoms. The average Bonchev–Trinajstić information content (AvgIpc) is 3.47. The van der Waals surface area contributed by atoms with Crippen LogP contribution in [0.25, 0.3) is 0 Å². The summed E-state index contributed by atoms with van der Waals surface area (Å²) in [6, 6.07) is 4.33. The van der Waals surface area contributed by atoms with Crippen molar-refractivity contribution in [2.45, 2.75) is 103 Å². The molecule has 0 N–H and O–H groups in total. The Morgan fingerprint density at radius 1 is 1.03 bits per heavy atom. The van der Waals surface area contributed by atoms with E-state index in [2.05, 4.69) is 52.8 Å². The van der Waals surface area contributed by atoms with Gasteiger partial charge in [-0.3, -0.25) is 9.59 Å². The lowest BCUT2D eigenvalue weighted by Gasteiger charge is -2.56. The fraction of sp³-hybridized carbons (Fsp3) is 0.667. The normalized spacial score (nSPS) is 41.5. The Morgan fingerprint density at radius 3 is 2.50 bits per heavy atom. The highest BCUT2D eigenvalue weighted by atomic mass is 16.6. The Hall–Kier alpha value is -2.10. The number of ketones is 1. The number of fused-ring (bicyclic) bond motifs is 6. The smallest absolute Gasteiger partial charge is 0.306 e. The molecule has 1 aromatic heterocycles. The van der Waals surface area contributed by atoms with Gasteiger partial charge >= 0.3 is 5.97 Å². The van der Waals surface area contributed by atoms with Gasteiger partial charge < -0.3 is 9.15 Å². The second-order valence-corrected chi connectivity index (χ2v) is 13.2. The summed E-state index contributed by atoms with van der Waals surface area (Å²) in [7, 11) is 0. The van der Waals surface area contributed by atoms with E-state index in [4.69, 9.17) is 9.15 Å². The van der Waals surface area contributed by atoms with Crippen molar-refractivity contribution in [2.75, 3.05) is 0 Å². The second-order valence-electron chi connectivity index (χ2n) is 13.2. The minimum atomic E-state index is -0.319. The van der Waals surface area contributed by atoms with Gasteiger partial charge in [0.1, 0.15) is 17.1 Å². The molecule has 2 saturated carbocycles. The molecule has 0 unspecified atom stereocenters. The van der Waals surface area contributed by atoms with E-state index in [9.17, 15) is 9.59 Å². The molecule has 1 saturated heterocycles. The molecule has 3 fully saturated rings. The molecule has 4 nitrogen and oxygen atoms in total. The van der Waals surface area contributed by atoms with E-state index >= 15 is 0 Å². The molecule has 6 atom stereocenters. The average molecular weight is 463 g/mol. The topological polar surface area (TPSA) is 56.5 Å². The fourth-order valence-electron chi connectivity index (χ4n) is 8.38. The molecule has 6 rings (SSSR count). The molecule has 4 aliphatic carbocycles. The van der Waals surface area contributed by atoms with E-state index in [0.717, 1.165) is 50.0 Å². The van der Waals surface area contributed by atoms with Crippen LogP contribution in [0.2, 0.25) is 0 Å². The van der Waals surface area contributed by atoms with Crippen molar-refractivity contribution in [3.05, 3.63) is 47.0 Å². The molecule has 34 heavy (non-hydrogen) atoms. The van der Waals surface area contributed by atoms with Gasteiger partial charge in [-0.1, -0.05) is 51.8 Å². The first-order valence-electron chi connectivity index (χ1n) is 13.2. The van der Waals surface area contributed by atoms with Gasteiger partial charge in [-0.25, -0.2) is 0 Å². The van der Waals surface area contributed by atoms with Crippen LogP contribution >= 0.6 is 0 Å². The highest BCUT2D eigenvalue weighted by molar-refractivity contribution is 5.92. The maximum Gasteiger partial charge on any atom is 0.306 e. The summed E-state index contributed by atoms with van der Waals surface area (Å²) in [5.74, 6) is 3.31. The Morgan fingerprint density at radius 2 is 1.82 bits per heavy atom. The lowest BCUT2D eigenvalue weighted by atomic mass is 9.48. The predicted molar refractivity (Wildman–Crippen MR) is 130 cm³/mol. The van der Waals surface area contributed by atoms with Crippen LogP contribution in [0.1, 0.15) is 103 Å². The zero-order valence-electron chi connectivity index (χ0n) is 21.3. The van der Waals surface area contributed by atoms with Gasteiger partial charge in [0.15, 0.2) is 5.78 Å². The predicted octanol–water partition coefficient (Wildman–Crippen LogP) is 6.80. The van der Waals surface area contributed by atoms with Crippen LogP contribution in [0.4, 0.5) is 0 Å². The Bertz CT molecular complexity index is 1130. The highest BCUT2D eigenvalue weighted by Crippen LogP contribution is 2.70. The Labute approximate surface area is 203 Å². The quantitative estimate of drug-likeness (QED) is 0.340. The first-order valence-corrected chi connectivity index (χ1v) is 13.2. The van der Waals surface area contributed by atoms with Crippen LogP contribution in [0, 0.1) is 22.7 Å². The molecule has 0 radical (unpaired) electrons. The van der Waals surface area contributed by atoms with Crippen molar-refractivity contribution in [2.24, 2.45) is 22.7 Å². The third-order valence-corrected chi connectivity index (χ3v) is 10.5. The molecular weight excluding hydrogens is 424 g/mol. The fourth-order valence-corrected chi connectivity index (χ4v) is 8.38. The Kier molecular flexibility index (Phi) is 4.59. The van der Waals surface area contributed by atoms with E-state index in [0.29, 0.717) is 24.7 Å². The first-order chi connectivity index (χ1) is 16.0. The monoisotopic (exact) mass is 462 g/mol. The van der Waals surface area contributed by atoms with E-state index < -0.39 is 0 Å². The number of hydrogen-bond acceptors (Lipinski definition) is 4.